The van der Waals surface area contributed by atoms with Gasteiger partial charge in [-0.05, 0) is 49.0 Å². The maximum absolute atomic E-state index is 13.7. The van der Waals surface area contributed by atoms with Crippen molar-refractivity contribution in [3.63, 3.8) is 0 Å². The highest BCUT2D eigenvalue weighted by Crippen LogP contribution is 2.78. The lowest BCUT2D eigenvalue weighted by atomic mass is 9.35. The summed E-state index contributed by atoms with van der Waals surface area (Å²) < 4.78 is 12.4. The van der Waals surface area contributed by atoms with E-state index in [9.17, 15) is 25.2 Å². The molecule has 0 unspecified atom stereocenters. The molecule has 180 valence electrons. The number of carbonyl (C=O) groups excluding carboxylic acids is 1. The molecule has 2 heterocycles. The van der Waals surface area contributed by atoms with Gasteiger partial charge in [0.25, 0.3) is 0 Å². The molecule has 2 saturated heterocycles. The molecular weight excluding hydrogens is 412 g/mol. The molecule has 6 aliphatic rings. The molecule has 4 bridgehead atoms. The number of unbranched alkanes of at least 4 members (excludes halogenated alkanes) is 2. The lowest BCUT2D eigenvalue weighted by Crippen LogP contribution is -2.87. The molecule has 0 aromatic heterocycles. The van der Waals surface area contributed by atoms with Crippen LogP contribution in [0.3, 0.4) is 0 Å². The van der Waals surface area contributed by atoms with Gasteiger partial charge in [-0.3, -0.25) is 4.79 Å². The standard InChI is InChI=1S/C25H38O7/c1-5-6-7-10-31-21-24-16(27)8-9-22(3,4)18(24)20(29)25(30,32-21)23-12-14(13(2)19(23)28)11-15(26)17(23)24/h14-18,20-21,26-27,29-30H,2,5-12H2,1,3-4H3/t14-,15+,16+,17-,18-,20+,21+,23+,24-,25+/m1/s1. The number of hydrogen-bond donors (Lipinski definition) is 4. The van der Waals surface area contributed by atoms with Gasteiger partial charge < -0.3 is 29.9 Å². The van der Waals surface area contributed by atoms with Crippen molar-refractivity contribution in [1.82, 2.24) is 0 Å². The summed E-state index contributed by atoms with van der Waals surface area (Å²) in [5, 5.41) is 46.9. The number of fused-ring (bicyclic) bond motifs is 2. The van der Waals surface area contributed by atoms with Crippen molar-refractivity contribution >= 4 is 5.78 Å². The summed E-state index contributed by atoms with van der Waals surface area (Å²) in [6.07, 6.45) is 0.226. The molecule has 7 heteroatoms. The lowest BCUT2D eigenvalue weighted by molar-refractivity contribution is -0.510. The van der Waals surface area contributed by atoms with Crippen LogP contribution in [0.15, 0.2) is 12.2 Å². The van der Waals surface area contributed by atoms with Gasteiger partial charge in [-0.1, -0.05) is 40.2 Å². The summed E-state index contributed by atoms with van der Waals surface area (Å²) in [4.78, 5) is 13.7. The number of hydrogen-bond acceptors (Lipinski definition) is 7. The van der Waals surface area contributed by atoms with E-state index in [2.05, 4.69) is 13.5 Å². The number of ketones is 1. The van der Waals surface area contributed by atoms with Gasteiger partial charge in [-0.2, -0.15) is 0 Å². The molecule has 32 heavy (non-hydrogen) atoms. The lowest BCUT2D eigenvalue weighted by Gasteiger charge is -2.76. The van der Waals surface area contributed by atoms with E-state index in [0.717, 1.165) is 19.3 Å². The molecule has 6 fully saturated rings. The van der Waals surface area contributed by atoms with E-state index in [0.29, 0.717) is 31.4 Å². The Balaban J connectivity index is 1.71. The number of carbonyl (C=O) groups is 1. The van der Waals surface area contributed by atoms with Crippen molar-refractivity contribution in [2.45, 2.75) is 96.1 Å². The average Bonchev–Trinajstić information content (AvgIpc) is 2.92. The first-order valence-electron chi connectivity index (χ1n) is 12.3. The predicted octanol–water partition coefficient (Wildman–Crippen LogP) is 1.91. The second-order valence-corrected chi connectivity index (χ2v) is 11.7. The highest BCUT2D eigenvalue weighted by Gasteiger charge is 2.88. The normalized spacial score (nSPS) is 53.3. The summed E-state index contributed by atoms with van der Waals surface area (Å²) in [5.74, 6) is -4.19. The molecule has 0 aromatic carbocycles. The second-order valence-electron chi connectivity index (χ2n) is 11.7. The van der Waals surface area contributed by atoms with E-state index in [1.54, 1.807) is 0 Å². The molecular formula is C25H38O7. The molecule has 4 saturated carbocycles. The van der Waals surface area contributed by atoms with Crippen LogP contribution in [0, 0.1) is 34.0 Å². The largest absolute Gasteiger partial charge is 0.393 e. The smallest absolute Gasteiger partial charge is 0.208 e. The van der Waals surface area contributed by atoms with Crippen LogP contribution in [0.1, 0.15) is 65.7 Å². The van der Waals surface area contributed by atoms with Crippen LogP contribution in [0.2, 0.25) is 0 Å². The quantitative estimate of drug-likeness (QED) is 0.373. The zero-order valence-electron chi connectivity index (χ0n) is 19.4. The first-order valence-corrected chi connectivity index (χ1v) is 12.3. The van der Waals surface area contributed by atoms with Crippen molar-refractivity contribution in [3.8, 4) is 0 Å². The summed E-state index contributed by atoms with van der Waals surface area (Å²) in [6, 6.07) is 0. The summed E-state index contributed by atoms with van der Waals surface area (Å²) in [7, 11) is 0. The summed E-state index contributed by atoms with van der Waals surface area (Å²) in [5.41, 5.74) is -2.82. The Morgan fingerprint density at radius 2 is 1.91 bits per heavy atom. The summed E-state index contributed by atoms with van der Waals surface area (Å²) in [6.45, 7) is 10.5. The van der Waals surface area contributed by atoms with E-state index < -0.39 is 58.5 Å². The van der Waals surface area contributed by atoms with Crippen LogP contribution in [-0.4, -0.2) is 63.2 Å². The Bertz CT molecular complexity index is 825. The molecule has 2 aliphatic heterocycles. The Labute approximate surface area is 189 Å². The monoisotopic (exact) mass is 450 g/mol. The van der Waals surface area contributed by atoms with Crippen LogP contribution in [0.4, 0.5) is 0 Å². The summed E-state index contributed by atoms with van der Waals surface area (Å²) >= 11 is 0. The van der Waals surface area contributed by atoms with Crippen LogP contribution in [-0.2, 0) is 14.3 Å². The molecule has 0 amide bonds. The van der Waals surface area contributed by atoms with E-state index in [-0.39, 0.29) is 18.1 Å². The third kappa shape index (κ3) is 2.40. The molecule has 4 aliphatic carbocycles. The molecule has 0 aromatic rings. The van der Waals surface area contributed by atoms with Crippen molar-refractivity contribution in [1.29, 1.82) is 0 Å². The van der Waals surface area contributed by atoms with Crippen LogP contribution < -0.4 is 0 Å². The van der Waals surface area contributed by atoms with E-state index in [1.807, 2.05) is 13.8 Å². The zero-order chi connectivity index (χ0) is 23.3. The number of aliphatic hydroxyl groups excluding tert-OH is 3. The minimum atomic E-state index is -2.20. The molecule has 0 radical (unpaired) electrons. The maximum atomic E-state index is 13.7. The predicted molar refractivity (Wildman–Crippen MR) is 115 cm³/mol. The Kier molecular flexibility index (Phi) is 5.08. The van der Waals surface area contributed by atoms with Crippen molar-refractivity contribution in [2.24, 2.45) is 34.0 Å². The average molecular weight is 451 g/mol. The molecule has 4 N–H and O–H groups in total. The zero-order valence-corrected chi connectivity index (χ0v) is 19.4. The van der Waals surface area contributed by atoms with Gasteiger partial charge in [-0.15, -0.1) is 0 Å². The van der Waals surface area contributed by atoms with Crippen molar-refractivity contribution < 1.29 is 34.7 Å². The third-order valence-corrected chi connectivity index (χ3v) is 9.83. The molecule has 2 spiro atoms. The first-order chi connectivity index (χ1) is 15.0. The number of Topliss-reactive ketones (excluding diaryl/α,β-unsaturated/α-hetero) is 1. The number of allylic oxidation sites excluding steroid dienone is 1. The third-order valence-electron chi connectivity index (χ3n) is 9.83. The van der Waals surface area contributed by atoms with Crippen molar-refractivity contribution in [2.75, 3.05) is 6.61 Å². The Morgan fingerprint density at radius 3 is 2.59 bits per heavy atom. The van der Waals surface area contributed by atoms with Gasteiger partial charge >= 0.3 is 0 Å². The Morgan fingerprint density at radius 1 is 1.19 bits per heavy atom. The van der Waals surface area contributed by atoms with Gasteiger partial charge in [0.2, 0.25) is 5.79 Å². The molecule has 7 nitrogen and oxygen atoms in total. The van der Waals surface area contributed by atoms with E-state index in [1.165, 1.54) is 0 Å². The maximum Gasteiger partial charge on any atom is 0.208 e. The second kappa shape index (κ2) is 7.09. The van der Waals surface area contributed by atoms with Crippen LogP contribution in [0.5, 0.6) is 0 Å². The fraction of sp³-hybridized carbons (Fsp3) is 0.880. The minimum Gasteiger partial charge on any atom is -0.393 e. The minimum absolute atomic E-state index is 0.263. The fourth-order valence-corrected chi connectivity index (χ4v) is 8.62. The SMILES string of the molecule is C=C1C(=O)[C@]23C[C@H]1C[C@H](O)[C@H]2[C@@]12[C@@H](OCCCCC)O[C@@]3(O)[C@@H](O)[C@@H]1C(C)(C)CC[C@@H]2O. The Hall–Kier alpha value is -0.830. The van der Waals surface area contributed by atoms with Gasteiger partial charge in [0.15, 0.2) is 12.1 Å². The van der Waals surface area contributed by atoms with Gasteiger partial charge in [0.1, 0.15) is 6.10 Å². The van der Waals surface area contributed by atoms with Gasteiger partial charge in [0, 0.05) is 18.4 Å². The van der Waals surface area contributed by atoms with Crippen molar-refractivity contribution in [3.05, 3.63) is 12.2 Å². The van der Waals surface area contributed by atoms with E-state index in [4.69, 9.17) is 9.47 Å². The molecule has 6 rings (SSSR count). The topological polar surface area (TPSA) is 116 Å². The number of ether oxygens (including phenoxy) is 2. The number of rotatable bonds is 5. The molecule has 10 atom stereocenters. The van der Waals surface area contributed by atoms with E-state index >= 15 is 0 Å². The highest BCUT2D eigenvalue weighted by molar-refractivity contribution is 6.04. The van der Waals surface area contributed by atoms with Crippen LogP contribution >= 0.6 is 0 Å². The highest BCUT2D eigenvalue weighted by atomic mass is 16.8. The van der Waals surface area contributed by atoms with Crippen LogP contribution in [0.25, 0.3) is 0 Å². The number of aliphatic hydroxyl groups is 4. The van der Waals surface area contributed by atoms with Gasteiger partial charge in [-0.25, -0.2) is 0 Å². The first kappa shape index (κ1) is 22.9. The van der Waals surface area contributed by atoms with Gasteiger partial charge in [0.05, 0.1) is 23.0 Å². The fourth-order valence-electron chi connectivity index (χ4n) is 8.62.